The highest BCUT2D eigenvalue weighted by Crippen LogP contribution is 2.40. The maximum Gasteiger partial charge on any atom is 0.179 e. The fourth-order valence-corrected chi connectivity index (χ4v) is 3.16. The zero-order chi connectivity index (χ0) is 13.9. The molecule has 3 nitrogen and oxygen atoms in total. The van der Waals surface area contributed by atoms with E-state index in [-0.39, 0.29) is 0 Å². The van der Waals surface area contributed by atoms with Crippen LogP contribution in [-0.2, 0) is 5.75 Å². The zero-order valence-corrected chi connectivity index (χ0v) is 12.2. The molecular weight excluding hydrogens is 296 g/mol. The van der Waals surface area contributed by atoms with Crippen molar-refractivity contribution in [3.8, 4) is 17.2 Å². The molecule has 2 aromatic carbocycles. The van der Waals surface area contributed by atoms with E-state index >= 15 is 0 Å². The molecule has 0 aromatic heterocycles. The first-order valence-corrected chi connectivity index (χ1v) is 7.59. The Morgan fingerprint density at radius 1 is 1.15 bits per heavy atom. The number of hydrogen-bond donors (Lipinski definition) is 1. The Balaban J connectivity index is 1.78. The lowest BCUT2D eigenvalue weighted by Gasteiger charge is -2.20. The van der Waals surface area contributed by atoms with Crippen LogP contribution in [0.1, 0.15) is 5.56 Å². The van der Waals surface area contributed by atoms with Crippen LogP contribution < -0.4 is 9.47 Å². The van der Waals surface area contributed by atoms with Crippen molar-refractivity contribution in [2.75, 3.05) is 13.2 Å². The molecule has 0 aliphatic carbocycles. The second-order valence-electron chi connectivity index (χ2n) is 4.36. The standard InChI is InChI=1S/C15H13ClO3S/c16-11-7-10(8-13-15(11)19-6-5-18-13)9-20-14-4-2-1-3-12(14)17/h1-4,7-8,17H,5-6,9H2. The van der Waals surface area contributed by atoms with Gasteiger partial charge in [-0.05, 0) is 29.8 Å². The highest BCUT2D eigenvalue weighted by Gasteiger charge is 2.16. The van der Waals surface area contributed by atoms with E-state index in [1.807, 2.05) is 24.3 Å². The van der Waals surface area contributed by atoms with Gasteiger partial charge in [0.05, 0.1) is 5.02 Å². The van der Waals surface area contributed by atoms with Crippen LogP contribution in [0.25, 0.3) is 0 Å². The number of phenols is 1. The molecule has 3 rings (SSSR count). The van der Waals surface area contributed by atoms with Gasteiger partial charge in [0.2, 0.25) is 0 Å². The van der Waals surface area contributed by atoms with E-state index in [9.17, 15) is 5.11 Å². The van der Waals surface area contributed by atoms with Crippen molar-refractivity contribution in [1.82, 2.24) is 0 Å². The lowest BCUT2D eigenvalue weighted by molar-refractivity contribution is 0.171. The molecule has 0 saturated heterocycles. The van der Waals surface area contributed by atoms with E-state index < -0.39 is 0 Å². The average Bonchev–Trinajstić information content (AvgIpc) is 2.46. The van der Waals surface area contributed by atoms with E-state index in [4.69, 9.17) is 21.1 Å². The molecular formula is C15H13ClO3S. The number of halogens is 1. The Labute approximate surface area is 126 Å². The Morgan fingerprint density at radius 2 is 1.95 bits per heavy atom. The number of fused-ring (bicyclic) bond motifs is 1. The summed E-state index contributed by atoms with van der Waals surface area (Å²) < 4.78 is 11.0. The SMILES string of the molecule is Oc1ccccc1SCc1cc(Cl)c2c(c1)OCCO2. The third-order valence-electron chi connectivity index (χ3n) is 2.92. The van der Waals surface area contributed by atoms with Crippen LogP contribution >= 0.6 is 23.4 Å². The third kappa shape index (κ3) is 2.81. The fraction of sp³-hybridized carbons (Fsp3) is 0.200. The molecule has 1 heterocycles. The van der Waals surface area contributed by atoms with Crippen LogP contribution in [0, 0.1) is 0 Å². The predicted molar refractivity (Wildman–Crippen MR) is 80.1 cm³/mol. The van der Waals surface area contributed by atoms with Gasteiger partial charge in [0.15, 0.2) is 11.5 Å². The third-order valence-corrected chi connectivity index (χ3v) is 4.33. The van der Waals surface area contributed by atoms with Gasteiger partial charge < -0.3 is 14.6 Å². The van der Waals surface area contributed by atoms with Crippen molar-refractivity contribution in [3.63, 3.8) is 0 Å². The smallest absolute Gasteiger partial charge is 0.179 e. The van der Waals surface area contributed by atoms with Gasteiger partial charge in [-0.2, -0.15) is 0 Å². The van der Waals surface area contributed by atoms with Gasteiger partial charge >= 0.3 is 0 Å². The molecule has 0 amide bonds. The van der Waals surface area contributed by atoms with Crippen molar-refractivity contribution < 1.29 is 14.6 Å². The molecule has 0 bridgehead atoms. The monoisotopic (exact) mass is 308 g/mol. The molecule has 0 unspecified atom stereocenters. The van der Waals surface area contributed by atoms with Crippen molar-refractivity contribution in [1.29, 1.82) is 0 Å². The minimum Gasteiger partial charge on any atom is -0.507 e. The number of ether oxygens (including phenoxy) is 2. The molecule has 20 heavy (non-hydrogen) atoms. The van der Waals surface area contributed by atoms with Gasteiger partial charge in [-0.15, -0.1) is 11.8 Å². The molecule has 0 fully saturated rings. The van der Waals surface area contributed by atoms with Crippen molar-refractivity contribution in [2.24, 2.45) is 0 Å². The minimum absolute atomic E-state index is 0.293. The van der Waals surface area contributed by atoms with Crippen molar-refractivity contribution >= 4 is 23.4 Å². The van der Waals surface area contributed by atoms with E-state index in [0.717, 1.165) is 10.5 Å². The molecule has 104 valence electrons. The Bertz CT molecular complexity index is 631. The molecule has 0 spiro atoms. The molecule has 5 heteroatoms. The molecule has 1 aliphatic heterocycles. The van der Waals surface area contributed by atoms with Gasteiger partial charge in [0.25, 0.3) is 0 Å². The quantitative estimate of drug-likeness (QED) is 0.866. The lowest BCUT2D eigenvalue weighted by atomic mass is 10.2. The van der Waals surface area contributed by atoms with E-state index in [1.165, 1.54) is 0 Å². The second-order valence-corrected chi connectivity index (χ2v) is 5.78. The topological polar surface area (TPSA) is 38.7 Å². The van der Waals surface area contributed by atoms with Gasteiger partial charge in [-0.1, -0.05) is 23.7 Å². The fourth-order valence-electron chi connectivity index (χ4n) is 1.99. The van der Waals surface area contributed by atoms with E-state index in [0.29, 0.717) is 41.2 Å². The number of phenolic OH excluding ortho intramolecular Hbond substituents is 1. The first-order valence-electron chi connectivity index (χ1n) is 6.23. The Morgan fingerprint density at radius 3 is 2.80 bits per heavy atom. The van der Waals surface area contributed by atoms with Crippen molar-refractivity contribution in [2.45, 2.75) is 10.6 Å². The Kier molecular flexibility index (Phi) is 3.94. The molecule has 2 aromatic rings. The van der Waals surface area contributed by atoms with Gasteiger partial charge in [0.1, 0.15) is 19.0 Å². The Hall–Kier alpha value is -1.52. The van der Waals surface area contributed by atoms with Crippen LogP contribution in [0.15, 0.2) is 41.3 Å². The number of rotatable bonds is 3. The van der Waals surface area contributed by atoms with Gasteiger partial charge in [0, 0.05) is 10.6 Å². The minimum atomic E-state index is 0.293. The number of benzene rings is 2. The largest absolute Gasteiger partial charge is 0.507 e. The predicted octanol–water partition coefficient (Wildman–Crippen LogP) is 4.11. The molecule has 0 radical (unpaired) electrons. The summed E-state index contributed by atoms with van der Waals surface area (Å²) in [5, 5.41) is 10.3. The summed E-state index contributed by atoms with van der Waals surface area (Å²) in [6, 6.07) is 11.1. The summed E-state index contributed by atoms with van der Waals surface area (Å²) in [5.74, 6) is 2.31. The number of hydrogen-bond acceptors (Lipinski definition) is 4. The van der Waals surface area contributed by atoms with Crippen LogP contribution in [0.5, 0.6) is 17.2 Å². The van der Waals surface area contributed by atoms with E-state index in [2.05, 4.69) is 0 Å². The zero-order valence-electron chi connectivity index (χ0n) is 10.6. The second kappa shape index (κ2) is 5.85. The summed E-state index contributed by atoms with van der Waals surface area (Å²) in [6.07, 6.45) is 0. The maximum atomic E-state index is 9.74. The van der Waals surface area contributed by atoms with Crippen molar-refractivity contribution in [3.05, 3.63) is 47.0 Å². The van der Waals surface area contributed by atoms with Crippen LogP contribution in [0.3, 0.4) is 0 Å². The van der Waals surface area contributed by atoms with Crippen LogP contribution in [0.2, 0.25) is 5.02 Å². The van der Waals surface area contributed by atoms with Gasteiger partial charge in [-0.3, -0.25) is 0 Å². The number of thioether (sulfide) groups is 1. The maximum absolute atomic E-state index is 9.74. The van der Waals surface area contributed by atoms with E-state index in [1.54, 1.807) is 23.9 Å². The van der Waals surface area contributed by atoms with Gasteiger partial charge in [-0.25, -0.2) is 0 Å². The summed E-state index contributed by atoms with van der Waals surface area (Å²) >= 11 is 7.75. The normalized spacial score (nSPS) is 13.2. The highest BCUT2D eigenvalue weighted by atomic mass is 35.5. The van der Waals surface area contributed by atoms with Crippen LogP contribution in [0.4, 0.5) is 0 Å². The first kappa shape index (κ1) is 13.5. The van der Waals surface area contributed by atoms with Crippen LogP contribution in [-0.4, -0.2) is 18.3 Å². The number of para-hydroxylation sites is 1. The lowest BCUT2D eigenvalue weighted by Crippen LogP contribution is -2.15. The average molecular weight is 309 g/mol. The molecule has 1 N–H and O–H groups in total. The highest BCUT2D eigenvalue weighted by molar-refractivity contribution is 7.98. The number of aromatic hydroxyl groups is 1. The first-order chi connectivity index (χ1) is 9.74. The summed E-state index contributed by atoms with van der Waals surface area (Å²) in [6.45, 7) is 1.07. The summed E-state index contributed by atoms with van der Waals surface area (Å²) in [7, 11) is 0. The summed E-state index contributed by atoms with van der Waals surface area (Å²) in [4.78, 5) is 0.846. The molecule has 1 aliphatic rings. The molecule has 0 atom stereocenters. The summed E-state index contributed by atoms with van der Waals surface area (Å²) in [5.41, 5.74) is 1.03. The molecule has 0 saturated carbocycles.